The van der Waals surface area contributed by atoms with Crippen LogP contribution in [0.25, 0.3) is 0 Å². The molecule has 0 saturated carbocycles. The molecule has 2 amide bonds. The van der Waals surface area contributed by atoms with Gasteiger partial charge in [-0.3, -0.25) is 19.7 Å². The summed E-state index contributed by atoms with van der Waals surface area (Å²) in [6, 6.07) is 12.0. The summed E-state index contributed by atoms with van der Waals surface area (Å²) in [5, 5.41) is 13.6. The lowest BCUT2D eigenvalue weighted by Crippen LogP contribution is -2.48. The maximum absolute atomic E-state index is 12.5. The van der Waals surface area contributed by atoms with Gasteiger partial charge in [0.1, 0.15) is 11.9 Å². The second kappa shape index (κ2) is 9.46. The number of aryl methyl sites for hydroxylation is 1. The van der Waals surface area contributed by atoms with Gasteiger partial charge in [-0.05, 0) is 32.0 Å². The van der Waals surface area contributed by atoms with Crippen molar-refractivity contribution in [3.05, 3.63) is 63.7 Å². The van der Waals surface area contributed by atoms with E-state index in [-0.39, 0.29) is 29.8 Å². The summed E-state index contributed by atoms with van der Waals surface area (Å²) >= 11 is 0. The van der Waals surface area contributed by atoms with Crippen molar-refractivity contribution < 1.29 is 19.2 Å². The van der Waals surface area contributed by atoms with Crippen LogP contribution in [-0.4, -0.2) is 61.0 Å². The zero-order valence-corrected chi connectivity index (χ0v) is 17.8. The van der Waals surface area contributed by atoms with Gasteiger partial charge in [0.15, 0.2) is 0 Å². The maximum atomic E-state index is 12.5. The molecule has 1 heterocycles. The first kappa shape index (κ1) is 22.1. The van der Waals surface area contributed by atoms with Crippen LogP contribution in [0.5, 0.6) is 5.75 Å². The van der Waals surface area contributed by atoms with Gasteiger partial charge in [0.25, 0.3) is 11.6 Å². The van der Waals surface area contributed by atoms with Gasteiger partial charge in [-0.25, -0.2) is 0 Å². The summed E-state index contributed by atoms with van der Waals surface area (Å²) in [6.45, 7) is 5.31. The van der Waals surface area contributed by atoms with Crippen molar-refractivity contribution in [3.63, 3.8) is 0 Å². The molecule has 164 valence electrons. The minimum absolute atomic E-state index is 0.133. The van der Waals surface area contributed by atoms with Gasteiger partial charge in [-0.1, -0.05) is 18.2 Å². The fraction of sp³-hybridized carbons (Fsp3) is 0.364. The Morgan fingerprint density at radius 2 is 2.03 bits per heavy atom. The average Bonchev–Trinajstić information content (AvgIpc) is 2.76. The lowest BCUT2D eigenvalue weighted by molar-refractivity contribution is -0.385. The fourth-order valence-corrected chi connectivity index (χ4v) is 3.52. The van der Waals surface area contributed by atoms with E-state index in [1.54, 1.807) is 14.0 Å². The molecule has 1 N–H and O–H groups in total. The van der Waals surface area contributed by atoms with Gasteiger partial charge in [0.05, 0.1) is 30.2 Å². The smallest absolute Gasteiger partial charge is 0.273 e. The molecule has 9 nitrogen and oxygen atoms in total. The third-order valence-electron chi connectivity index (χ3n) is 5.28. The normalized spacial score (nSPS) is 14.9. The molecule has 0 saturated heterocycles. The average molecular weight is 426 g/mol. The number of carbonyl (C=O) groups excluding carboxylic acids is 2. The highest BCUT2D eigenvalue weighted by molar-refractivity contribution is 5.97. The molecule has 0 radical (unpaired) electrons. The third-order valence-corrected chi connectivity index (χ3v) is 5.28. The molecular weight excluding hydrogens is 400 g/mol. The van der Waals surface area contributed by atoms with Crippen LogP contribution in [-0.2, 0) is 4.79 Å². The maximum Gasteiger partial charge on any atom is 0.273 e. The van der Waals surface area contributed by atoms with E-state index >= 15 is 0 Å². The number of nitro benzene ring substituents is 1. The monoisotopic (exact) mass is 426 g/mol. The van der Waals surface area contributed by atoms with Crippen molar-refractivity contribution in [2.24, 2.45) is 0 Å². The number of amides is 2. The molecule has 1 aliphatic heterocycles. The Bertz CT molecular complexity index is 994. The molecule has 0 fully saturated rings. The first-order valence-electron chi connectivity index (χ1n) is 10.1. The number of anilines is 1. The Balaban J connectivity index is 1.56. The molecule has 1 atom stereocenters. The van der Waals surface area contributed by atoms with Crippen LogP contribution < -0.4 is 15.0 Å². The number of benzene rings is 2. The van der Waals surface area contributed by atoms with Crippen molar-refractivity contribution in [2.45, 2.75) is 20.0 Å². The highest BCUT2D eigenvalue weighted by Gasteiger charge is 2.26. The standard InChI is InChI=1S/C22H26N4O5/c1-4-25-14-17(31-20-8-6-5-7-18(20)25)13-24(3)21(27)12-23-22(28)16-10-9-15(2)19(11-16)26(29)30/h5-11,17H,4,12-14H2,1-3H3,(H,23,28). The molecule has 1 unspecified atom stereocenters. The lowest BCUT2D eigenvalue weighted by atomic mass is 10.1. The van der Waals surface area contributed by atoms with E-state index in [0.29, 0.717) is 18.7 Å². The lowest BCUT2D eigenvalue weighted by Gasteiger charge is -2.37. The number of para-hydroxylation sites is 2. The molecule has 1 aliphatic rings. The van der Waals surface area contributed by atoms with Gasteiger partial charge in [0.2, 0.25) is 5.91 Å². The number of fused-ring (bicyclic) bond motifs is 1. The Hall–Kier alpha value is -3.62. The Kier molecular flexibility index (Phi) is 6.74. The molecule has 2 aromatic rings. The van der Waals surface area contributed by atoms with Crippen LogP contribution in [0.3, 0.4) is 0 Å². The van der Waals surface area contributed by atoms with E-state index in [2.05, 4.69) is 17.1 Å². The Morgan fingerprint density at radius 1 is 1.29 bits per heavy atom. The number of likely N-dealkylation sites (N-methyl/N-ethyl adjacent to an activating group) is 2. The highest BCUT2D eigenvalue weighted by Crippen LogP contribution is 2.32. The van der Waals surface area contributed by atoms with Crippen molar-refractivity contribution in [3.8, 4) is 5.75 Å². The summed E-state index contributed by atoms with van der Waals surface area (Å²) in [5.74, 6) is -0.0268. The number of hydrogen-bond acceptors (Lipinski definition) is 6. The number of nitrogens with one attached hydrogen (secondary N) is 1. The number of nitro groups is 1. The molecule has 0 bridgehead atoms. The minimum atomic E-state index is -0.537. The van der Waals surface area contributed by atoms with Crippen LogP contribution in [0, 0.1) is 17.0 Å². The molecule has 31 heavy (non-hydrogen) atoms. The molecular formula is C22H26N4O5. The number of hydrogen-bond donors (Lipinski definition) is 1. The quantitative estimate of drug-likeness (QED) is 0.538. The van der Waals surface area contributed by atoms with E-state index in [1.807, 2.05) is 24.3 Å². The number of rotatable bonds is 7. The molecule has 2 aromatic carbocycles. The summed E-state index contributed by atoms with van der Waals surface area (Å²) in [5.41, 5.74) is 1.51. The summed E-state index contributed by atoms with van der Waals surface area (Å²) in [7, 11) is 1.66. The van der Waals surface area contributed by atoms with Crippen molar-refractivity contribution in [1.82, 2.24) is 10.2 Å². The zero-order chi connectivity index (χ0) is 22.5. The van der Waals surface area contributed by atoms with Crippen LogP contribution in [0.4, 0.5) is 11.4 Å². The van der Waals surface area contributed by atoms with Crippen molar-refractivity contribution in [2.75, 3.05) is 38.1 Å². The van der Waals surface area contributed by atoms with Crippen molar-refractivity contribution in [1.29, 1.82) is 0 Å². The first-order valence-corrected chi connectivity index (χ1v) is 10.1. The summed E-state index contributed by atoms with van der Waals surface area (Å²) in [6.07, 6.45) is -0.195. The number of ether oxygens (including phenoxy) is 1. The van der Waals surface area contributed by atoms with Crippen LogP contribution in [0.15, 0.2) is 42.5 Å². The van der Waals surface area contributed by atoms with Gasteiger partial charge < -0.3 is 19.9 Å². The van der Waals surface area contributed by atoms with Gasteiger partial charge in [-0.2, -0.15) is 0 Å². The van der Waals surface area contributed by atoms with E-state index in [9.17, 15) is 19.7 Å². The minimum Gasteiger partial charge on any atom is -0.485 e. The Morgan fingerprint density at radius 3 is 2.74 bits per heavy atom. The molecule has 9 heteroatoms. The summed E-state index contributed by atoms with van der Waals surface area (Å²) in [4.78, 5) is 39.1. The summed E-state index contributed by atoms with van der Waals surface area (Å²) < 4.78 is 6.04. The second-order valence-corrected chi connectivity index (χ2v) is 7.46. The number of nitrogens with zero attached hydrogens (tertiary/aromatic N) is 3. The molecule has 0 spiro atoms. The van der Waals surface area contributed by atoms with Gasteiger partial charge in [-0.15, -0.1) is 0 Å². The molecule has 0 aromatic heterocycles. The molecule has 3 rings (SSSR count). The van der Waals surface area contributed by atoms with Crippen LogP contribution in [0.2, 0.25) is 0 Å². The van der Waals surface area contributed by atoms with E-state index in [4.69, 9.17) is 4.74 Å². The van der Waals surface area contributed by atoms with Crippen LogP contribution in [0.1, 0.15) is 22.8 Å². The van der Waals surface area contributed by atoms with Gasteiger partial charge in [0, 0.05) is 30.8 Å². The number of carbonyl (C=O) groups is 2. The highest BCUT2D eigenvalue weighted by atomic mass is 16.6. The molecule has 0 aliphatic carbocycles. The van der Waals surface area contributed by atoms with E-state index < -0.39 is 10.8 Å². The third kappa shape index (κ3) is 5.11. The van der Waals surface area contributed by atoms with E-state index in [0.717, 1.165) is 18.0 Å². The Labute approximate surface area is 180 Å². The SMILES string of the molecule is CCN1CC(CN(C)C(=O)CNC(=O)c2ccc(C)c([N+](=O)[O-])c2)Oc2ccccc21. The van der Waals surface area contributed by atoms with Crippen molar-refractivity contribution >= 4 is 23.2 Å². The first-order chi connectivity index (χ1) is 14.8. The van der Waals surface area contributed by atoms with Gasteiger partial charge >= 0.3 is 0 Å². The predicted molar refractivity (Wildman–Crippen MR) is 117 cm³/mol. The predicted octanol–water partition coefficient (Wildman–Crippen LogP) is 2.38. The fourth-order valence-electron chi connectivity index (χ4n) is 3.52. The van der Waals surface area contributed by atoms with Crippen LogP contribution >= 0.6 is 0 Å². The second-order valence-electron chi connectivity index (χ2n) is 7.46. The van der Waals surface area contributed by atoms with E-state index in [1.165, 1.54) is 23.1 Å². The zero-order valence-electron chi connectivity index (χ0n) is 17.8. The largest absolute Gasteiger partial charge is 0.485 e. The topological polar surface area (TPSA) is 105 Å².